The molecule has 14 nitrogen and oxygen atoms in total. The zero-order valence-electron chi connectivity index (χ0n) is 27.6. The Morgan fingerprint density at radius 1 is 0.872 bits per heavy atom. The van der Waals surface area contributed by atoms with E-state index in [0.29, 0.717) is 80.1 Å². The Hall–Kier alpha value is -5.29. The van der Waals surface area contributed by atoms with Gasteiger partial charge in [-0.15, -0.1) is 0 Å². The van der Waals surface area contributed by atoms with Crippen molar-refractivity contribution in [3.05, 3.63) is 47.5 Å². The highest BCUT2D eigenvalue weighted by Crippen LogP contribution is 2.33. The number of anilines is 4. The van der Waals surface area contributed by atoms with E-state index in [1.165, 1.54) is 32.4 Å². The summed E-state index contributed by atoms with van der Waals surface area (Å²) in [4.78, 5) is 39.8. The lowest BCUT2D eigenvalue weighted by molar-refractivity contribution is 0.0155. The predicted octanol–water partition coefficient (Wildman–Crippen LogP) is 2.76. The quantitative estimate of drug-likeness (QED) is 0.0976. The first-order chi connectivity index (χ1) is 22.3. The molecule has 0 saturated carbocycles. The Morgan fingerprint density at radius 3 is 2.00 bits per heavy atom. The third-order valence-corrected chi connectivity index (χ3v) is 6.90. The second kappa shape index (κ2) is 16.9. The minimum Gasteiger partial charge on any atom is -0.494 e. The Bertz CT molecular complexity index is 1520. The lowest BCUT2D eigenvalue weighted by atomic mass is 10.1. The van der Waals surface area contributed by atoms with Crippen LogP contribution in [0.2, 0.25) is 0 Å². The molecule has 14 heteroatoms. The summed E-state index contributed by atoms with van der Waals surface area (Å²) in [5, 5.41) is 6.39. The molecule has 1 heterocycles. The number of carbonyl (C=O) groups excluding carboxylic acids is 3. The van der Waals surface area contributed by atoms with Gasteiger partial charge in [-0.3, -0.25) is 9.69 Å². The molecule has 1 aliphatic rings. The van der Waals surface area contributed by atoms with Crippen molar-refractivity contribution >= 4 is 40.7 Å². The minimum atomic E-state index is -0.634. The van der Waals surface area contributed by atoms with E-state index in [9.17, 15) is 14.4 Å². The number of nitrogens with one attached hydrogen (secondary N) is 2. The Balaban J connectivity index is 1.53. The average molecular weight is 652 g/mol. The summed E-state index contributed by atoms with van der Waals surface area (Å²) in [7, 11) is 2.78. The Labute approximate surface area is 275 Å². The summed E-state index contributed by atoms with van der Waals surface area (Å²) in [6, 6.07) is 6.08. The molecule has 0 radical (unpaired) electrons. The van der Waals surface area contributed by atoms with Crippen LogP contribution in [0, 0.1) is 11.8 Å². The van der Waals surface area contributed by atoms with Gasteiger partial charge in [-0.2, -0.15) is 0 Å². The number of piperazine rings is 1. The van der Waals surface area contributed by atoms with Crippen LogP contribution in [-0.2, 0) is 9.47 Å². The molecule has 0 unspecified atom stereocenters. The highest BCUT2D eigenvalue weighted by molar-refractivity contribution is 5.96. The molecular formula is C33H45N7O7. The van der Waals surface area contributed by atoms with Crippen LogP contribution in [0.1, 0.15) is 41.5 Å². The summed E-state index contributed by atoms with van der Waals surface area (Å²) >= 11 is 0. The molecule has 1 fully saturated rings. The summed E-state index contributed by atoms with van der Waals surface area (Å²) in [6.07, 6.45) is 3.43. The number of nitrogens with two attached hydrogens (primary N) is 3. The van der Waals surface area contributed by atoms with Gasteiger partial charge >= 0.3 is 12.1 Å². The van der Waals surface area contributed by atoms with Crippen molar-refractivity contribution in [2.45, 2.75) is 26.4 Å². The van der Waals surface area contributed by atoms with Gasteiger partial charge in [0.05, 0.1) is 37.7 Å². The first-order valence-corrected chi connectivity index (χ1v) is 15.0. The van der Waals surface area contributed by atoms with Crippen molar-refractivity contribution < 1.29 is 33.3 Å². The topological polar surface area (TPSA) is 197 Å². The van der Waals surface area contributed by atoms with E-state index in [4.69, 9.17) is 36.1 Å². The van der Waals surface area contributed by atoms with Gasteiger partial charge in [-0.25, -0.2) is 9.59 Å². The Kier molecular flexibility index (Phi) is 13.0. The minimum absolute atomic E-state index is 0.0615. The number of carbonyl (C=O) groups is 3. The summed E-state index contributed by atoms with van der Waals surface area (Å²) < 4.78 is 21.5. The van der Waals surface area contributed by atoms with E-state index in [1.54, 1.807) is 11.0 Å². The summed E-state index contributed by atoms with van der Waals surface area (Å²) in [5.41, 5.74) is 19.5. The van der Waals surface area contributed by atoms with Crippen LogP contribution in [0.25, 0.3) is 0 Å². The van der Waals surface area contributed by atoms with Gasteiger partial charge < -0.3 is 51.7 Å². The molecule has 2 amide bonds. The lowest BCUT2D eigenvalue weighted by Crippen LogP contribution is -2.50. The van der Waals surface area contributed by atoms with Gasteiger partial charge in [0.2, 0.25) is 5.91 Å². The number of methoxy groups -OCH3 is 2. The maximum absolute atomic E-state index is 12.3. The monoisotopic (exact) mass is 651 g/mol. The number of esters is 1. The van der Waals surface area contributed by atoms with Crippen LogP contribution in [0.4, 0.5) is 27.5 Å². The van der Waals surface area contributed by atoms with Crippen molar-refractivity contribution in [2.75, 3.05) is 88.7 Å². The highest BCUT2D eigenvalue weighted by Gasteiger charge is 2.25. The molecule has 3 rings (SSSR count). The van der Waals surface area contributed by atoms with E-state index >= 15 is 0 Å². The molecule has 0 aliphatic carbocycles. The predicted molar refractivity (Wildman–Crippen MR) is 182 cm³/mol. The molecule has 2 aromatic rings. The van der Waals surface area contributed by atoms with E-state index in [-0.39, 0.29) is 23.8 Å². The molecule has 254 valence electrons. The zero-order chi connectivity index (χ0) is 34.6. The van der Waals surface area contributed by atoms with Gasteiger partial charge in [0.1, 0.15) is 35.1 Å². The fraction of sp³-hybridized carbons (Fsp3) is 0.424. The van der Waals surface area contributed by atoms with Crippen LogP contribution < -0.4 is 37.3 Å². The number of nitrogen functional groups attached to an aromatic ring is 2. The van der Waals surface area contributed by atoms with Gasteiger partial charge in [0.15, 0.2) is 0 Å². The number of rotatable bonds is 12. The maximum Gasteiger partial charge on any atom is 0.410 e. The van der Waals surface area contributed by atoms with E-state index in [2.05, 4.69) is 27.4 Å². The number of nitrogens with zero attached hydrogens (tertiary/aromatic N) is 2. The third kappa shape index (κ3) is 10.9. The van der Waals surface area contributed by atoms with Crippen LogP contribution in [0.15, 0.2) is 36.4 Å². The molecule has 0 spiro atoms. The van der Waals surface area contributed by atoms with Crippen molar-refractivity contribution in [3.63, 3.8) is 0 Å². The molecule has 8 N–H and O–H groups in total. The van der Waals surface area contributed by atoms with Crippen LogP contribution in [0.5, 0.6) is 11.5 Å². The lowest BCUT2D eigenvalue weighted by Gasteiger charge is -2.34. The highest BCUT2D eigenvalue weighted by atomic mass is 16.6. The standard InChI is InChI=1S/C33H45N7O7/c1-33(2,3)47-32(43)40-15-13-39(14-16-40)12-8-9-17-46-27-20-22(30(36)41)18-24(34)29(27)38-11-7-6-10-37-28-25(35)19-23(31(42)45-5)21-26(28)44-4/h6-7,18-21,37-38H,10-17,34-35H2,1-5H3,(H2,36,41)/b7-6+. The molecular weight excluding hydrogens is 606 g/mol. The molecule has 47 heavy (non-hydrogen) atoms. The van der Waals surface area contributed by atoms with Crippen molar-refractivity contribution in [2.24, 2.45) is 5.73 Å². The van der Waals surface area contributed by atoms with Crippen LogP contribution in [-0.4, -0.2) is 100 Å². The van der Waals surface area contributed by atoms with Gasteiger partial charge in [-0.1, -0.05) is 24.0 Å². The van der Waals surface area contributed by atoms with Crippen molar-refractivity contribution in [1.82, 2.24) is 9.80 Å². The maximum atomic E-state index is 12.3. The van der Waals surface area contributed by atoms with Gasteiger partial charge in [-0.05, 0) is 45.0 Å². The number of amides is 2. The molecule has 0 aromatic heterocycles. The van der Waals surface area contributed by atoms with Crippen molar-refractivity contribution in [1.29, 1.82) is 0 Å². The molecule has 0 bridgehead atoms. The van der Waals surface area contributed by atoms with E-state index in [0.717, 1.165) is 0 Å². The number of hydrogen-bond donors (Lipinski definition) is 5. The van der Waals surface area contributed by atoms with E-state index in [1.807, 2.05) is 32.9 Å². The van der Waals surface area contributed by atoms with Crippen molar-refractivity contribution in [3.8, 4) is 23.3 Å². The summed E-state index contributed by atoms with van der Waals surface area (Å²) in [6.45, 7) is 9.42. The zero-order valence-corrected chi connectivity index (χ0v) is 27.6. The third-order valence-electron chi connectivity index (χ3n) is 6.90. The fourth-order valence-corrected chi connectivity index (χ4v) is 4.54. The largest absolute Gasteiger partial charge is 0.494 e. The normalized spacial score (nSPS) is 13.3. The molecule has 1 saturated heterocycles. The smallest absolute Gasteiger partial charge is 0.410 e. The molecule has 2 aromatic carbocycles. The number of ether oxygens (including phenoxy) is 4. The van der Waals surface area contributed by atoms with Crippen LogP contribution >= 0.6 is 0 Å². The molecule has 0 atom stereocenters. The second-order valence-corrected chi connectivity index (χ2v) is 11.6. The SMILES string of the molecule is COC(=O)c1cc(N)c(NC/C=C/CNc2c(N)cc(C(N)=O)cc2OCC#CCN2CCN(C(=O)OC(C)(C)C)CC2)c(OC)c1. The number of benzene rings is 2. The number of hydrogen-bond acceptors (Lipinski definition) is 12. The van der Waals surface area contributed by atoms with E-state index < -0.39 is 17.5 Å². The first kappa shape index (κ1) is 36.2. The van der Waals surface area contributed by atoms with Gasteiger partial charge in [0.25, 0.3) is 0 Å². The first-order valence-electron chi connectivity index (χ1n) is 15.0. The second-order valence-electron chi connectivity index (χ2n) is 11.6. The van der Waals surface area contributed by atoms with Crippen LogP contribution in [0.3, 0.4) is 0 Å². The molecule has 1 aliphatic heterocycles. The average Bonchev–Trinajstić information content (AvgIpc) is 3.02. The van der Waals surface area contributed by atoms with Gasteiger partial charge in [0, 0.05) is 44.8 Å². The number of primary amides is 1. The Morgan fingerprint density at radius 2 is 1.45 bits per heavy atom. The fourth-order valence-electron chi connectivity index (χ4n) is 4.54. The summed E-state index contributed by atoms with van der Waals surface area (Å²) in [5.74, 6) is 5.69.